The van der Waals surface area contributed by atoms with E-state index < -0.39 is 18.8 Å². The van der Waals surface area contributed by atoms with Crippen molar-refractivity contribution in [2.24, 2.45) is 5.92 Å². The van der Waals surface area contributed by atoms with Gasteiger partial charge in [0, 0.05) is 41.0 Å². The van der Waals surface area contributed by atoms with E-state index in [4.69, 9.17) is 8.85 Å². The zero-order valence-electron chi connectivity index (χ0n) is 20.5. The van der Waals surface area contributed by atoms with Crippen LogP contribution in [0, 0.1) is 17.2 Å². The standard InChI is InChI=1S/C22H23N7O3/c1-12(9-23)14-11-26-29-7-6-16(20(32-3)19(14)29)27-17-8-18(28-21(30)13-4-5-13)25-10-15(17)22(31)24-2/h6-8,10-13H,4-5H2,1-3H3,(H,24,31)(H2,25,27,28,30)/i2D3. The van der Waals surface area contributed by atoms with Crippen molar-refractivity contribution in [2.45, 2.75) is 25.7 Å². The van der Waals surface area contributed by atoms with Crippen LogP contribution in [0.25, 0.3) is 5.52 Å². The first-order valence-corrected chi connectivity index (χ1v) is 9.95. The highest BCUT2D eigenvalue weighted by molar-refractivity contribution is 6.01. The molecular formula is C22H23N7O3. The molecule has 3 N–H and O–H groups in total. The zero-order chi connectivity index (χ0) is 25.3. The molecule has 1 saturated carbocycles. The Balaban J connectivity index is 1.77. The Morgan fingerprint density at radius 2 is 2.19 bits per heavy atom. The van der Waals surface area contributed by atoms with Crippen molar-refractivity contribution >= 4 is 34.5 Å². The third-order valence-electron chi connectivity index (χ3n) is 5.26. The molecule has 1 unspecified atom stereocenters. The van der Waals surface area contributed by atoms with E-state index in [0.29, 0.717) is 22.5 Å². The fourth-order valence-corrected chi connectivity index (χ4v) is 3.36. The van der Waals surface area contributed by atoms with E-state index in [1.54, 1.807) is 29.9 Å². The van der Waals surface area contributed by atoms with E-state index in [9.17, 15) is 14.9 Å². The maximum absolute atomic E-state index is 12.7. The van der Waals surface area contributed by atoms with Crippen molar-refractivity contribution in [1.29, 1.82) is 5.26 Å². The quantitative estimate of drug-likeness (QED) is 0.518. The van der Waals surface area contributed by atoms with Gasteiger partial charge in [0.15, 0.2) is 5.75 Å². The molecule has 0 bridgehead atoms. The van der Waals surface area contributed by atoms with Crippen molar-refractivity contribution in [3.8, 4) is 11.8 Å². The van der Waals surface area contributed by atoms with E-state index in [0.717, 1.165) is 12.8 Å². The van der Waals surface area contributed by atoms with Crippen LogP contribution in [0.5, 0.6) is 5.75 Å². The summed E-state index contributed by atoms with van der Waals surface area (Å²) >= 11 is 0. The van der Waals surface area contributed by atoms with Gasteiger partial charge in [-0.15, -0.1) is 0 Å². The number of anilines is 3. The number of carbonyl (C=O) groups excluding carboxylic acids is 2. The minimum Gasteiger partial charge on any atom is -0.492 e. The van der Waals surface area contributed by atoms with Crippen LogP contribution in [0.3, 0.4) is 0 Å². The van der Waals surface area contributed by atoms with E-state index in [2.05, 4.69) is 26.8 Å². The molecule has 1 aliphatic carbocycles. The van der Waals surface area contributed by atoms with Gasteiger partial charge in [-0.25, -0.2) is 9.50 Å². The van der Waals surface area contributed by atoms with Gasteiger partial charge in [0.2, 0.25) is 5.91 Å². The molecule has 0 radical (unpaired) electrons. The third-order valence-corrected chi connectivity index (χ3v) is 5.26. The highest BCUT2D eigenvalue weighted by Gasteiger charge is 2.30. The molecule has 32 heavy (non-hydrogen) atoms. The van der Waals surface area contributed by atoms with Crippen molar-refractivity contribution in [3.05, 3.63) is 41.9 Å². The Labute approximate surface area is 188 Å². The number of nitriles is 1. The van der Waals surface area contributed by atoms with Crippen LogP contribution in [0.15, 0.2) is 30.7 Å². The molecule has 10 nitrogen and oxygen atoms in total. The second kappa shape index (κ2) is 8.55. The highest BCUT2D eigenvalue weighted by atomic mass is 16.5. The van der Waals surface area contributed by atoms with Crippen molar-refractivity contribution < 1.29 is 18.4 Å². The summed E-state index contributed by atoms with van der Waals surface area (Å²) in [7, 11) is 1.46. The van der Waals surface area contributed by atoms with Gasteiger partial charge in [-0.05, 0) is 25.8 Å². The summed E-state index contributed by atoms with van der Waals surface area (Å²) in [6.07, 6.45) is 6.05. The minimum atomic E-state index is -2.70. The first kappa shape index (κ1) is 17.5. The summed E-state index contributed by atoms with van der Waals surface area (Å²) in [6.45, 7) is -0.963. The molecule has 3 heterocycles. The summed E-state index contributed by atoms with van der Waals surface area (Å²) in [5, 5.41) is 21.4. The third kappa shape index (κ3) is 3.92. The lowest BCUT2D eigenvalue weighted by molar-refractivity contribution is -0.117. The fraction of sp³-hybridized carbons (Fsp3) is 0.318. The van der Waals surface area contributed by atoms with Crippen LogP contribution in [0.1, 0.15) is 45.7 Å². The topological polar surface area (TPSA) is 133 Å². The summed E-state index contributed by atoms with van der Waals surface area (Å²) in [5.41, 5.74) is 1.80. The largest absolute Gasteiger partial charge is 0.492 e. The molecule has 0 saturated heterocycles. The van der Waals surface area contributed by atoms with Gasteiger partial charge in [-0.1, -0.05) is 0 Å². The molecule has 164 valence electrons. The van der Waals surface area contributed by atoms with Gasteiger partial charge >= 0.3 is 0 Å². The first-order chi connectivity index (χ1) is 16.6. The molecule has 0 aliphatic heterocycles. The smallest absolute Gasteiger partial charge is 0.254 e. The number of fused-ring (bicyclic) bond motifs is 1. The Hall–Kier alpha value is -4.13. The Bertz CT molecular complexity index is 1340. The van der Waals surface area contributed by atoms with Crippen LogP contribution in [-0.2, 0) is 4.79 Å². The highest BCUT2D eigenvalue weighted by Crippen LogP contribution is 2.37. The van der Waals surface area contributed by atoms with Gasteiger partial charge in [0.1, 0.15) is 11.3 Å². The molecule has 1 aliphatic rings. The Morgan fingerprint density at radius 3 is 2.88 bits per heavy atom. The number of amides is 2. The number of hydrogen-bond donors (Lipinski definition) is 3. The van der Waals surface area contributed by atoms with Gasteiger partial charge in [-0.2, -0.15) is 10.4 Å². The summed E-state index contributed by atoms with van der Waals surface area (Å²) in [5.74, 6) is -0.985. The molecule has 0 aromatic carbocycles. The average molecular weight is 436 g/mol. The maximum atomic E-state index is 12.7. The molecule has 2 amide bonds. The normalized spacial score (nSPS) is 15.6. The second-order valence-corrected chi connectivity index (χ2v) is 7.46. The van der Waals surface area contributed by atoms with Crippen LogP contribution in [0.4, 0.5) is 17.2 Å². The number of aromatic nitrogens is 3. The number of nitrogens with zero attached hydrogens (tertiary/aromatic N) is 4. The maximum Gasteiger partial charge on any atom is 0.254 e. The van der Waals surface area contributed by atoms with Crippen molar-refractivity contribution in [1.82, 2.24) is 19.9 Å². The molecular weight excluding hydrogens is 410 g/mol. The number of ether oxygens (including phenoxy) is 1. The number of rotatable bonds is 7. The summed E-state index contributed by atoms with van der Waals surface area (Å²) in [4.78, 5) is 29.0. The Morgan fingerprint density at radius 1 is 1.38 bits per heavy atom. The number of hydrogen-bond acceptors (Lipinski definition) is 7. The van der Waals surface area contributed by atoms with Crippen LogP contribution in [-0.4, -0.2) is 40.5 Å². The molecule has 1 atom stereocenters. The predicted molar refractivity (Wildman–Crippen MR) is 118 cm³/mol. The first-order valence-electron chi connectivity index (χ1n) is 11.5. The fourth-order valence-electron chi connectivity index (χ4n) is 3.36. The number of nitrogens with one attached hydrogen (secondary N) is 3. The molecule has 4 rings (SSSR count). The lowest BCUT2D eigenvalue weighted by Crippen LogP contribution is -2.20. The molecule has 10 heteroatoms. The predicted octanol–water partition coefficient (Wildman–Crippen LogP) is 2.82. The summed E-state index contributed by atoms with van der Waals surface area (Å²) < 4.78 is 29.3. The molecule has 0 spiro atoms. The number of methoxy groups -OCH3 is 1. The zero-order valence-corrected chi connectivity index (χ0v) is 17.5. The van der Waals surface area contributed by atoms with Gasteiger partial charge in [-0.3, -0.25) is 9.59 Å². The summed E-state index contributed by atoms with van der Waals surface area (Å²) in [6, 6.07) is 5.29. The van der Waals surface area contributed by atoms with Crippen LogP contribution < -0.4 is 20.7 Å². The molecule has 3 aromatic rings. The monoisotopic (exact) mass is 436 g/mol. The van der Waals surface area contributed by atoms with Gasteiger partial charge < -0.3 is 20.7 Å². The second-order valence-electron chi connectivity index (χ2n) is 7.46. The van der Waals surface area contributed by atoms with Crippen LogP contribution in [0.2, 0.25) is 0 Å². The lowest BCUT2D eigenvalue weighted by atomic mass is 10.0. The van der Waals surface area contributed by atoms with E-state index >= 15 is 0 Å². The number of pyridine rings is 2. The van der Waals surface area contributed by atoms with E-state index in [1.807, 2.05) is 5.32 Å². The van der Waals surface area contributed by atoms with Crippen molar-refractivity contribution in [3.63, 3.8) is 0 Å². The average Bonchev–Trinajstić information content (AvgIpc) is 3.57. The Kier molecular flexibility index (Phi) is 4.68. The molecule has 3 aromatic heterocycles. The van der Waals surface area contributed by atoms with Crippen LogP contribution >= 0.6 is 0 Å². The van der Waals surface area contributed by atoms with E-state index in [1.165, 1.54) is 19.4 Å². The molecule has 1 fully saturated rings. The minimum absolute atomic E-state index is 0.0494. The van der Waals surface area contributed by atoms with Gasteiger partial charge in [0.25, 0.3) is 5.91 Å². The van der Waals surface area contributed by atoms with Crippen molar-refractivity contribution in [2.75, 3.05) is 24.7 Å². The van der Waals surface area contributed by atoms with Gasteiger partial charge in [0.05, 0.1) is 42.2 Å². The van der Waals surface area contributed by atoms with E-state index in [-0.39, 0.29) is 28.9 Å². The lowest BCUT2D eigenvalue weighted by Gasteiger charge is -2.16. The SMILES string of the molecule is [2H]C([2H])([2H])NC(=O)c1cnc(NC(=O)C2CC2)cc1Nc1ccn2ncc(C(C)C#N)c2c1OC. The number of carbonyl (C=O) groups is 2.